The number of hydrogen-bond donors (Lipinski definition) is 0. The first-order valence-electron chi connectivity index (χ1n) is 11.2. The Morgan fingerprint density at radius 1 is 0.786 bits per heavy atom. The summed E-state index contributed by atoms with van der Waals surface area (Å²) in [5, 5.41) is 0. The Labute approximate surface area is 164 Å². The van der Waals surface area contributed by atoms with Gasteiger partial charge in [0.25, 0.3) is 0 Å². The molecule has 8 rings (SSSR count). The van der Waals surface area contributed by atoms with Crippen LogP contribution in [0.15, 0.2) is 42.5 Å². The predicted octanol–water partition coefficient (Wildman–Crippen LogP) is 3.59. The van der Waals surface area contributed by atoms with Crippen LogP contribution in [0.5, 0.6) is 0 Å². The number of esters is 2. The highest BCUT2D eigenvalue weighted by molar-refractivity contribution is 6.04. The first-order valence-corrected chi connectivity index (χ1v) is 11.2. The third-order valence-electron chi connectivity index (χ3n) is 10.6. The van der Waals surface area contributed by atoms with E-state index in [1.165, 1.54) is 12.8 Å². The van der Waals surface area contributed by atoms with Crippen LogP contribution in [0.25, 0.3) is 0 Å². The summed E-state index contributed by atoms with van der Waals surface area (Å²) in [6, 6.07) is 10.2. The fourth-order valence-corrected chi connectivity index (χ4v) is 10.4. The van der Waals surface area contributed by atoms with E-state index in [-0.39, 0.29) is 17.9 Å². The third-order valence-corrected chi connectivity index (χ3v) is 10.6. The van der Waals surface area contributed by atoms with Gasteiger partial charge in [-0.15, -0.1) is 0 Å². The molecule has 0 spiro atoms. The molecule has 6 fully saturated rings. The van der Waals surface area contributed by atoms with E-state index in [1.54, 1.807) is 0 Å². The van der Waals surface area contributed by atoms with E-state index in [0.29, 0.717) is 23.7 Å². The number of fused-ring (bicyclic) bond motifs is 19. The number of hydrogen-bond acceptors (Lipinski definition) is 3. The van der Waals surface area contributed by atoms with Gasteiger partial charge in [-0.2, -0.15) is 0 Å². The van der Waals surface area contributed by atoms with Crippen LogP contribution >= 0.6 is 0 Å². The lowest BCUT2D eigenvalue weighted by Gasteiger charge is -2.49. The average Bonchev–Trinajstić information content (AvgIpc) is 3.52. The van der Waals surface area contributed by atoms with Gasteiger partial charge < -0.3 is 4.74 Å². The molecule has 1 aromatic carbocycles. The smallest absolute Gasteiger partial charge is 0.325 e. The second kappa shape index (κ2) is 4.47. The minimum atomic E-state index is -0.697. The standard InChI is InChI=1S/C25H24O3/c26-23-22-16-10-17(25(22,24(27)28-23)13-4-2-1-3-5-13)21-15-9-14(20(16)21)18-11-6-7-12(8-11)19(15)18/h1-7,11-12,14-22H,8-10H2. The van der Waals surface area contributed by atoms with Crippen LogP contribution in [0.2, 0.25) is 0 Å². The van der Waals surface area contributed by atoms with Crippen molar-refractivity contribution < 1.29 is 14.3 Å². The zero-order valence-corrected chi connectivity index (χ0v) is 15.7. The Kier molecular flexibility index (Phi) is 2.40. The summed E-state index contributed by atoms with van der Waals surface area (Å²) in [6.45, 7) is 0. The van der Waals surface area contributed by atoms with Crippen molar-refractivity contribution in [1.82, 2.24) is 0 Å². The topological polar surface area (TPSA) is 43.4 Å². The lowest BCUT2D eigenvalue weighted by Crippen LogP contribution is -2.53. The summed E-state index contributed by atoms with van der Waals surface area (Å²) in [5.74, 6) is 6.06. The Morgan fingerprint density at radius 3 is 2.25 bits per heavy atom. The van der Waals surface area contributed by atoms with Gasteiger partial charge in [0.05, 0.1) is 5.92 Å². The second-order valence-electron chi connectivity index (χ2n) is 10.7. The molecule has 3 nitrogen and oxygen atoms in total. The van der Waals surface area contributed by atoms with Crippen molar-refractivity contribution in [3.8, 4) is 0 Å². The number of allylic oxidation sites excluding steroid dienone is 2. The van der Waals surface area contributed by atoms with Crippen LogP contribution in [-0.2, 0) is 19.7 Å². The van der Waals surface area contributed by atoms with Crippen LogP contribution in [0, 0.1) is 65.1 Å². The van der Waals surface area contributed by atoms with E-state index < -0.39 is 5.41 Å². The van der Waals surface area contributed by atoms with E-state index in [1.807, 2.05) is 18.2 Å². The molecular weight excluding hydrogens is 348 g/mol. The van der Waals surface area contributed by atoms with Gasteiger partial charge in [0, 0.05) is 0 Å². The van der Waals surface area contributed by atoms with Gasteiger partial charge in [-0.05, 0) is 84.0 Å². The predicted molar refractivity (Wildman–Crippen MR) is 101 cm³/mol. The van der Waals surface area contributed by atoms with Crippen LogP contribution in [0.3, 0.4) is 0 Å². The molecule has 6 aliphatic carbocycles. The Hall–Kier alpha value is -1.90. The van der Waals surface area contributed by atoms with Gasteiger partial charge in [0.1, 0.15) is 5.41 Å². The molecule has 3 heteroatoms. The van der Waals surface area contributed by atoms with Crippen molar-refractivity contribution in [2.75, 3.05) is 0 Å². The molecule has 0 radical (unpaired) electrons. The fraction of sp³-hybridized carbons (Fsp3) is 0.600. The Bertz CT molecular complexity index is 965. The summed E-state index contributed by atoms with van der Waals surface area (Å²) in [5.41, 5.74) is 0.339. The molecule has 28 heavy (non-hydrogen) atoms. The fourth-order valence-electron chi connectivity index (χ4n) is 10.4. The van der Waals surface area contributed by atoms with E-state index in [0.717, 1.165) is 47.5 Å². The number of benzene rings is 1. The molecule has 1 heterocycles. The Balaban J connectivity index is 1.31. The molecule has 1 saturated heterocycles. The zero-order valence-electron chi connectivity index (χ0n) is 15.7. The SMILES string of the molecule is O=C1OC(=O)C2(c3ccccc3)C3CC(C4C5CC(C6C7C=CC(C7)C56)C43)C12. The quantitative estimate of drug-likeness (QED) is 0.327. The van der Waals surface area contributed by atoms with Crippen LogP contribution in [0.4, 0.5) is 0 Å². The first kappa shape index (κ1) is 15.0. The van der Waals surface area contributed by atoms with Crippen LogP contribution < -0.4 is 0 Å². The summed E-state index contributed by atoms with van der Waals surface area (Å²) in [7, 11) is 0. The highest BCUT2D eigenvalue weighted by Crippen LogP contribution is 2.80. The molecule has 0 amide bonds. The van der Waals surface area contributed by atoms with Gasteiger partial charge in [0.2, 0.25) is 0 Å². The molecule has 5 saturated carbocycles. The van der Waals surface area contributed by atoms with Crippen molar-refractivity contribution in [2.45, 2.75) is 24.7 Å². The summed E-state index contributed by atoms with van der Waals surface area (Å²) < 4.78 is 5.38. The monoisotopic (exact) mass is 372 g/mol. The van der Waals surface area contributed by atoms with Crippen molar-refractivity contribution in [2.24, 2.45) is 65.1 Å². The van der Waals surface area contributed by atoms with Crippen LogP contribution in [0.1, 0.15) is 24.8 Å². The van der Waals surface area contributed by atoms with Gasteiger partial charge in [-0.1, -0.05) is 42.5 Å². The molecule has 0 N–H and O–H groups in total. The molecule has 142 valence electrons. The lowest BCUT2D eigenvalue weighted by atomic mass is 9.52. The van der Waals surface area contributed by atoms with Crippen molar-refractivity contribution in [3.05, 3.63) is 48.0 Å². The highest BCUT2D eigenvalue weighted by Gasteiger charge is 2.81. The average molecular weight is 372 g/mol. The van der Waals surface area contributed by atoms with Gasteiger partial charge in [0.15, 0.2) is 0 Å². The third kappa shape index (κ3) is 1.31. The number of rotatable bonds is 1. The number of carbonyl (C=O) groups is 2. The van der Waals surface area contributed by atoms with Crippen LogP contribution in [-0.4, -0.2) is 11.9 Å². The van der Waals surface area contributed by atoms with Crippen molar-refractivity contribution >= 4 is 11.9 Å². The number of ether oxygens (including phenoxy) is 1. The maximum atomic E-state index is 13.3. The lowest BCUT2D eigenvalue weighted by molar-refractivity contribution is -0.155. The molecule has 1 aromatic rings. The zero-order chi connectivity index (χ0) is 18.4. The van der Waals surface area contributed by atoms with Gasteiger partial charge in [-0.3, -0.25) is 9.59 Å². The molecule has 1 aliphatic heterocycles. The summed E-state index contributed by atoms with van der Waals surface area (Å²) >= 11 is 0. The molecule has 12 unspecified atom stereocenters. The molecular formula is C25H24O3. The first-order chi connectivity index (χ1) is 13.7. The van der Waals surface area contributed by atoms with E-state index >= 15 is 0 Å². The van der Waals surface area contributed by atoms with E-state index in [9.17, 15) is 9.59 Å². The maximum Gasteiger partial charge on any atom is 0.325 e. The molecule has 0 aromatic heterocycles. The summed E-state index contributed by atoms with van der Waals surface area (Å²) in [6.07, 6.45) is 8.78. The molecule has 7 aliphatic rings. The van der Waals surface area contributed by atoms with Gasteiger partial charge >= 0.3 is 11.9 Å². The normalized spacial score (nSPS) is 58.4. The molecule has 12 atom stereocenters. The maximum absolute atomic E-state index is 13.3. The van der Waals surface area contributed by atoms with E-state index in [2.05, 4.69) is 24.3 Å². The number of cyclic esters (lactones) is 2. The molecule has 6 bridgehead atoms. The van der Waals surface area contributed by atoms with E-state index in [4.69, 9.17) is 4.74 Å². The minimum Gasteiger partial charge on any atom is -0.392 e. The summed E-state index contributed by atoms with van der Waals surface area (Å²) in [4.78, 5) is 26.2. The highest BCUT2D eigenvalue weighted by atomic mass is 16.6. The largest absolute Gasteiger partial charge is 0.392 e. The second-order valence-corrected chi connectivity index (χ2v) is 10.7. The van der Waals surface area contributed by atoms with Crippen molar-refractivity contribution in [1.29, 1.82) is 0 Å². The van der Waals surface area contributed by atoms with Crippen molar-refractivity contribution in [3.63, 3.8) is 0 Å². The van der Waals surface area contributed by atoms with Gasteiger partial charge in [-0.25, -0.2) is 0 Å². The minimum absolute atomic E-state index is 0.230. The number of carbonyl (C=O) groups excluding carboxylic acids is 2. The Morgan fingerprint density at radius 2 is 1.50 bits per heavy atom.